The number of hydrogen-bond donors (Lipinski definition) is 1. The van der Waals surface area contributed by atoms with Crippen LogP contribution in [0.3, 0.4) is 0 Å². The van der Waals surface area contributed by atoms with Gasteiger partial charge < -0.3 is 10.2 Å². The second-order valence-corrected chi connectivity index (χ2v) is 4.84. The molecule has 0 spiro atoms. The van der Waals surface area contributed by atoms with Crippen molar-refractivity contribution >= 4 is 11.8 Å². The van der Waals surface area contributed by atoms with Gasteiger partial charge in [-0.05, 0) is 19.8 Å². The number of nitrogens with zero attached hydrogens (tertiary/aromatic N) is 1. The van der Waals surface area contributed by atoms with E-state index in [1.165, 1.54) is 25.7 Å². The Kier molecular flexibility index (Phi) is 3.46. The molecule has 0 aromatic rings. The van der Waals surface area contributed by atoms with Gasteiger partial charge in [0.05, 0.1) is 6.54 Å². The van der Waals surface area contributed by atoms with E-state index in [0.717, 1.165) is 12.8 Å². The maximum absolute atomic E-state index is 11.9. The van der Waals surface area contributed by atoms with Crippen LogP contribution >= 0.6 is 0 Å². The topological polar surface area (TPSA) is 49.4 Å². The van der Waals surface area contributed by atoms with Crippen LogP contribution in [-0.2, 0) is 9.59 Å². The quantitative estimate of drug-likeness (QED) is 0.677. The molecule has 2 rings (SSSR count). The summed E-state index contributed by atoms with van der Waals surface area (Å²) in [6.07, 6.45) is 7.01. The molecule has 1 aliphatic heterocycles. The van der Waals surface area contributed by atoms with Crippen LogP contribution in [-0.4, -0.2) is 35.3 Å². The molecule has 1 atom stereocenters. The third-order valence-electron chi connectivity index (χ3n) is 3.72. The summed E-state index contributed by atoms with van der Waals surface area (Å²) in [7, 11) is 0. The molecule has 4 nitrogen and oxygen atoms in total. The van der Waals surface area contributed by atoms with Crippen LogP contribution < -0.4 is 5.32 Å². The highest BCUT2D eigenvalue weighted by atomic mass is 16.2. The van der Waals surface area contributed by atoms with E-state index in [9.17, 15) is 9.59 Å². The van der Waals surface area contributed by atoms with Crippen molar-refractivity contribution in [2.45, 2.75) is 57.5 Å². The second kappa shape index (κ2) is 4.85. The lowest BCUT2D eigenvalue weighted by molar-refractivity contribution is -0.147. The first-order chi connectivity index (χ1) is 7.70. The summed E-state index contributed by atoms with van der Waals surface area (Å²) < 4.78 is 0. The first kappa shape index (κ1) is 11.4. The highest BCUT2D eigenvalue weighted by Crippen LogP contribution is 2.24. The van der Waals surface area contributed by atoms with Gasteiger partial charge in [0.1, 0.15) is 6.04 Å². The minimum absolute atomic E-state index is 0.0103. The first-order valence-electron chi connectivity index (χ1n) is 6.29. The zero-order valence-corrected chi connectivity index (χ0v) is 9.87. The Bertz CT molecular complexity index is 283. The summed E-state index contributed by atoms with van der Waals surface area (Å²) in [5.74, 6) is 0.0721. The van der Waals surface area contributed by atoms with Crippen molar-refractivity contribution in [1.29, 1.82) is 0 Å². The Balaban J connectivity index is 2.09. The second-order valence-electron chi connectivity index (χ2n) is 4.84. The fraction of sp³-hybridized carbons (Fsp3) is 0.833. The number of carbonyl (C=O) groups excluding carboxylic acids is 2. The minimum atomic E-state index is -0.288. The van der Waals surface area contributed by atoms with Crippen molar-refractivity contribution in [3.05, 3.63) is 0 Å². The summed E-state index contributed by atoms with van der Waals surface area (Å²) in [4.78, 5) is 25.3. The molecular weight excluding hydrogens is 204 g/mol. The van der Waals surface area contributed by atoms with E-state index in [1.807, 2.05) is 11.8 Å². The highest BCUT2D eigenvalue weighted by molar-refractivity contribution is 5.94. The number of amides is 2. The smallest absolute Gasteiger partial charge is 0.242 e. The van der Waals surface area contributed by atoms with Crippen LogP contribution in [0.15, 0.2) is 0 Å². The molecule has 1 saturated heterocycles. The molecule has 2 amide bonds. The van der Waals surface area contributed by atoms with Crippen LogP contribution in [0, 0.1) is 0 Å². The van der Waals surface area contributed by atoms with Crippen molar-refractivity contribution in [1.82, 2.24) is 10.2 Å². The number of hydrogen-bond acceptors (Lipinski definition) is 2. The average Bonchev–Trinajstić information content (AvgIpc) is 2.53. The van der Waals surface area contributed by atoms with E-state index in [2.05, 4.69) is 5.32 Å². The number of nitrogens with one attached hydrogen (secondary N) is 1. The predicted octanol–water partition coefficient (Wildman–Crippen LogP) is 1.06. The molecule has 90 valence electrons. The van der Waals surface area contributed by atoms with Crippen LogP contribution in [0.4, 0.5) is 0 Å². The van der Waals surface area contributed by atoms with Crippen LogP contribution in [0.2, 0.25) is 0 Å². The molecule has 1 aliphatic carbocycles. The Hall–Kier alpha value is -1.06. The molecule has 1 N–H and O–H groups in total. The van der Waals surface area contributed by atoms with Gasteiger partial charge >= 0.3 is 0 Å². The Morgan fingerprint density at radius 3 is 2.38 bits per heavy atom. The zero-order valence-electron chi connectivity index (χ0n) is 9.87. The van der Waals surface area contributed by atoms with E-state index >= 15 is 0 Å². The molecule has 4 heteroatoms. The van der Waals surface area contributed by atoms with Crippen LogP contribution in [0.5, 0.6) is 0 Å². The molecule has 1 unspecified atom stereocenters. The Morgan fingerprint density at radius 1 is 1.12 bits per heavy atom. The molecule has 0 aromatic heterocycles. The van der Waals surface area contributed by atoms with Crippen molar-refractivity contribution in [2.75, 3.05) is 6.54 Å². The van der Waals surface area contributed by atoms with E-state index in [4.69, 9.17) is 0 Å². The van der Waals surface area contributed by atoms with Gasteiger partial charge in [-0.1, -0.05) is 25.7 Å². The summed E-state index contributed by atoms with van der Waals surface area (Å²) >= 11 is 0. The lowest BCUT2D eigenvalue weighted by atomic mass is 10.0. The van der Waals surface area contributed by atoms with Crippen LogP contribution in [0.1, 0.15) is 45.4 Å². The lowest BCUT2D eigenvalue weighted by Gasteiger charge is -2.38. The van der Waals surface area contributed by atoms with Crippen molar-refractivity contribution in [3.63, 3.8) is 0 Å². The van der Waals surface area contributed by atoms with Gasteiger partial charge in [-0.25, -0.2) is 0 Å². The summed E-state index contributed by atoms with van der Waals surface area (Å²) in [6.45, 7) is 2.01. The third-order valence-corrected chi connectivity index (χ3v) is 3.72. The van der Waals surface area contributed by atoms with Gasteiger partial charge in [0.15, 0.2) is 0 Å². The Labute approximate surface area is 96.4 Å². The number of rotatable bonds is 1. The van der Waals surface area contributed by atoms with E-state index in [0.29, 0.717) is 0 Å². The molecule has 2 aliphatic rings. The van der Waals surface area contributed by atoms with Gasteiger partial charge in [-0.3, -0.25) is 9.59 Å². The monoisotopic (exact) mass is 224 g/mol. The largest absolute Gasteiger partial charge is 0.345 e. The highest BCUT2D eigenvalue weighted by Gasteiger charge is 2.35. The third kappa shape index (κ3) is 2.20. The normalized spacial score (nSPS) is 28.8. The molecule has 1 saturated carbocycles. The standard InChI is InChI=1S/C12H20N2O2/c1-9-12(16)13-8-11(15)14(9)10-6-4-2-3-5-7-10/h9-10H,2-8H2,1H3,(H,13,16). The van der Waals surface area contributed by atoms with Crippen LogP contribution in [0.25, 0.3) is 0 Å². The van der Waals surface area contributed by atoms with Gasteiger partial charge in [-0.2, -0.15) is 0 Å². The van der Waals surface area contributed by atoms with Gasteiger partial charge in [0.25, 0.3) is 0 Å². The van der Waals surface area contributed by atoms with Crippen molar-refractivity contribution in [2.24, 2.45) is 0 Å². The van der Waals surface area contributed by atoms with Gasteiger partial charge in [0.2, 0.25) is 11.8 Å². The molecular formula is C12H20N2O2. The minimum Gasteiger partial charge on any atom is -0.345 e. The molecule has 16 heavy (non-hydrogen) atoms. The average molecular weight is 224 g/mol. The number of carbonyl (C=O) groups is 2. The number of piperazine rings is 1. The van der Waals surface area contributed by atoms with Gasteiger partial charge in [0, 0.05) is 6.04 Å². The fourth-order valence-electron chi connectivity index (χ4n) is 2.80. The lowest BCUT2D eigenvalue weighted by Crippen LogP contribution is -2.60. The molecule has 0 aromatic carbocycles. The maximum Gasteiger partial charge on any atom is 0.242 e. The summed E-state index contributed by atoms with van der Waals surface area (Å²) in [5.41, 5.74) is 0. The SMILES string of the molecule is CC1C(=O)NCC(=O)N1C1CCCCCC1. The first-order valence-corrected chi connectivity index (χ1v) is 6.29. The molecule has 2 fully saturated rings. The van der Waals surface area contributed by atoms with Gasteiger partial charge in [-0.15, -0.1) is 0 Å². The Morgan fingerprint density at radius 2 is 1.75 bits per heavy atom. The predicted molar refractivity (Wildman–Crippen MR) is 60.8 cm³/mol. The van der Waals surface area contributed by atoms with E-state index in [-0.39, 0.29) is 30.4 Å². The molecule has 0 radical (unpaired) electrons. The van der Waals surface area contributed by atoms with E-state index < -0.39 is 0 Å². The maximum atomic E-state index is 11.9. The summed E-state index contributed by atoms with van der Waals surface area (Å²) in [6, 6.07) is 0.000370. The van der Waals surface area contributed by atoms with Crippen molar-refractivity contribution in [3.8, 4) is 0 Å². The molecule has 0 bridgehead atoms. The van der Waals surface area contributed by atoms with Crippen molar-refractivity contribution < 1.29 is 9.59 Å². The molecule has 1 heterocycles. The fourth-order valence-corrected chi connectivity index (χ4v) is 2.80. The zero-order chi connectivity index (χ0) is 11.5. The van der Waals surface area contributed by atoms with E-state index in [1.54, 1.807) is 0 Å². The summed E-state index contributed by atoms with van der Waals surface area (Å²) in [5, 5.41) is 2.64.